The molecule has 2 aromatic heterocycles. The van der Waals surface area contributed by atoms with E-state index in [1.807, 2.05) is 41.1 Å². The van der Waals surface area contributed by atoms with E-state index in [4.69, 9.17) is 37.3 Å². The van der Waals surface area contributed by atoms with E-state index in [9.17, 15) is 9.59 Å². The number of fused-ring (bicyclic) bond motifs is 2. The van der Waals surface area contributed by atoms with Crippen molar-refractivity contribution in [3.05, 3.63) is 64.2 Å². The number of nitrogens with zero attached hydrogens (tertiary/aromatic N) is 4. The molecule has 2 aromatic carbocycles. The van der Waals surface area contributed by atoms with E-state index in [1.54, 1.807) is 13.0 Å². The molecule has 0 radical (unpaired) electrons. The normalized spacial score (nSPS) is 20.4. The molecule has 4 heterocycles. The van der Waals surface area contributed by atoms with E-state index in [-0.39, 0.29) is 24.2 Å². The summed E-state index contributed by atoms with van der Waals surface area (Å²) in [5.41, 5.74) is 8.89. The van der Waals surface area contributed by atoms with Crippen LogP contribution in [0.1, 0.15) is 49.3 Å². The molecule has 40 heavy (non-hydrogen) atoms. The Bertz CT molecular complexity index is 1630. The van der Waals surface area contributed by atoms with E-state index in [0.717, 1.165) is 42.3 Å². The molecule has 1 fully saturated rings. The van der Waals surface area contributed by atoms with E-state index in [2.05, 4.69) is 10.3 Å². The maximum Gasteiger partial charge on any atom is 0.303 e. The molecule has 11 heteroatoms. The number of nitrogens with one attached hydrogen (secondary N) is 1. The summed E-state index contributed by atoms with van der Waals surface area (Å²) in [6.07, 6.45) is 3.65. The van der Waals surface area contributed by atoms with Crippen LogP contribution in [0.4, 0.5) is 11.6 Å². The van der Waals surface area contributed by atoms with E-state index in [0.29, 0.717) is 46.5 Å². The lowest BCUT2D eigenvalue weighted by Gasteiger charge is -2.23. The van der Waals surface area contributed by atoms with Crippen molar-refractivity contribution >= 4 is 46.0 Å². The van der Waals surface area contributed by atoms with Gasteiger partial charge in [0.15, 0.2) is 5.82 Å². The van der Waals surface area contributed by atoms with Gasteiger partial charge in [-0.25, -0.2) is 9.97 Å². The molecule has 2 atom stereocenters. The number of aryl methyl sites for hydroxylation is 1. The number of carboxylic acid groups (broad SMARTS) is 1. The van der Waals surface area contributed by atoms with Crippen LogP contribution in [0.3, 0.4) is 0 Å². The molecule has 6 rings (SSSR count). The second kappa shape index (κ2) is 10.2. The molecular weight excluding hydrogens is 532 g/mol. The minimum absolute atomic E-state index is 0.0355. The summed E-state index contributed by atoms with van der Waals surface area (Å²) in [5.74, 6) is -0.291. The molecule has 2 aliphatic heterocycles. The lowest BCUT2D eigenvalue weighted by atomic mass is 9.77. The Morgan fingerprint density at radius 2 is 2.02 bits per heavy atom. The van der Waals surface area contributed by atoms with Crippen LogP contribution in [-0.2, 0) is 32.7 Å². The Kier molecular flexibility index (Phi) is 6.67. The largest absolute Gasteiger partial charge is 0.481 e. The molecule has 0 bridgehead atoms. The maximum absolute atomic E-state index is 13.4. The van der Waals surface area contributed by atoms with Crippen LogP contribution in [0.2, 0.25) is 5.02 Å². The zero-order valence-corrected chi connectivity index (χ0v) is 22.7. The van der Waals surface area contributed by atoms with Gasteiger partial charge in [0.2, 0.25) is 5.91 Å². The molecule has 2 aliphatic rings. The van der Waals surface area contributed by atoms with Gasteiger partial charge in [-0.2, -0.15) is 5.10 Å². The molecular formula is C29H29ClN6O4. The number of amides is 1. The van der Waals surface area contributed by atoms with Crippen LogP contribution in [0, 0.1) is 0 Å². The zero-order valence-electron chi connectivity index (χ0n) is 22.0. The van der Waals surface area contributed by atoms with Crippen molar-refractivity contribution in [1.29, 1.82) is 0 Å². The van der Waals surface area contributed by atoms with Crippen molar-refractivity contribution in [3.63, 3.8) is 0 Å². The number of hydrogen-bond acceptors (Lipinski definition) is 7. The fourth-order valence-corrected chi connectivity index (χ4v) is 5.81. The first-order valence-corrected chi connectivity index (χ1v) is 13.7. The highest BCUT2D eigenvalue weighted by Gasteiger charge is 2.47. The van der Waals surface area contributed by atoms with Crippen molar-refractivity contribution in [2.75, 3.05) is 17.7 Å². The van der Waals surface area contributed by atoms with Crippen LogP contribution in [0.25, 0.3) is 22.4 Å². The number of carbonyl (C=O) groups excluding carboxylic acids is 1. The third kappa shape index (κ3) is 4.56. The Morgan fingerprint density at radius 1 is 1.23 bits per heavy atom. The molecule has 0 spiro atoms. The number of nitrogens with two attached hydrogens (primary N) is 1. The quantitative estimate of drug-likeness (QED) is 0.298. The number of ether oxygens (including phenoxy) is 1. The lowest BCUT2D eigenvalue weighted by Crippen LogP contribution is -2.33. The smallest absolute Gasteiger partial charge is 0.303 e. The second-order valence-electron chi connectivity index (χ2n) is 10.5. The lowest BCUT2D eigenvalue weighted by molar-refractivity contribution is -0.137. The summed E-state index contributed by atoms with van der Waals surface area (Å²) < 4.78 is 7.83. The molecule has 1 amide bonds. The third-order valence-electron chi connectivity index (χ3n) is 7.86. The fraction of sp³-hybridized carbons (Fsp3) is 0.345. The Labute approximate surface area is 235 Å². The summed E-state index contributed by atoms with van der Waals surface area (Å²) in [6.45, 7) is 3.11. The number of carbonyl (C=O) groups is 2. The Balaban J connectivity index is 1.38. The number of aromatic nitrogens is 4. The van der Waals surface area contributed by atoms with Crippen molar-refractivity contribution in [3.8, 4) is 11.5 Å². The number of benzene rings is 2. The molecule has 4 N–H and O–H groups in total. The third-order valence-corrected chi connectivity index (χ3v) is 8.09. The van der Waals surface area contributed by atoms with Gasteiger partial charge in [0, 0.05) is 23.4 Å². The topological polar surface area (TPSA) is 145 Å². The van der Waals surface area contributed by atoms with Gasteiger partial charge in [-0.15, -0.1) is 0 Å². The van der Waals surface area contributed by atoms with Crippen molar-refractivity contribution in [2.45, 2.75) is 57.1 Å². The maximum atomic E-state index is 13.4. The predicted octanol–water partition coefficient (Wildman–Crippen LogP) is 4.57. The van der Waals surface area contributed by atoms with Gasteiger partial charge in [-0.3, -0.25) is 14.3 Å². The van der Waals surface area contributed by atoms with Gasteiger partial charge in [0.25, 0.3) is 0 Å². The summed E-state index contributed by atoms with van der Waals surface area (Å²) in [5, 5.41) is 18.1. The summed E-state index contributed by atoms with van der Waals surface area (Å²) in [4.78, 5) is 33.7. The molecule has 0 aliphatic carbocycles. The van der Waals surface area contributed by atoms with Crippen LogP contribution < -0.4 is 11.1 Å². The van der Waals surface area contributed by atoms with Gasteiger partial charge in [0.05, 0.1) is 23.7 Å². The standard InChI is InChI=1S/C29H29ClN6O4/c1-29(17-8-5-16(6-9-17)7-12-22(37)38)23-25(31)32-27(33-26(23)34-28(29)39)24-20-11-10-18(30)14-21(20)36(35-24)15-19-4-2-3-13-40-19/h5-6,8-11,14,19H,2-4,7,12-13,15H2,1H3,(H,37,38)(H3,31,32,33,34,39)/t19?,29-/m1/s1. The van der Waals surface area contributed by atoms with Crippen molar-refractivity contribution in [1.82, 2.24) is 19.7 Å². The van der Waals surface area contributed by atoms with Crippen molar-refractivity contribution in [2.24, 2.45) is 0 Å². The molecule has 206 valence electrons. The highest BCUT2D eigenvalue weighted by molar-refractivity contribution is 6.31. The summed E-state index contributed by atoms with van der Waals surface area (Å²) in [6, 6.07) is 12.9. The first kappa shape index (κ1) is 26.2. The van der Waals surface area contributed by atoms with Crippen LogP contribution in [-0.4, -0.2) is 49.4 Å². The first-order chi connectivity index (χ1) is 19.2. The van der Waals surface area contributed by atoms with Crippen LogP contribution >= 0.6 is 11.6 Å². The molecule has 1 saturated heterocycles. The van der Waals surface area contributed by atoms with Gasteiger partial charge in [-0.05, 0) is 61.9 Å². The number of carboxylic acids is 1. The van der Waals surface area contributed by atoms with Gasteiger partial charge >= 0.3 is 5.97 Å². The van der Waals surface area contributed by atoms with Gasteiger partial charge in [-0.1, -0.05) is 35.9 Å². The SMILES string of the molecule is C[C@]1(c2ccc(CCC(=O)O)cc2)C(=O)Nc2nc(-c3nn(CC4CCCCO4)c4cc(Cl)ccc34)nc(N)c21. The molecule has 0 saturated carbocycles. The van der Waals surface area contributed by atoms with E-state index < -0.39 is 11.4 Å². The average Bonchev–Trinajstić information content (AvgIpc) is 3.42. The minimum Gasteiger partial charge on any atom is -0.481 e. The fourth-order valence-electron chi connectivity index (χ4n) is 5.64. The zero-order chi connectivity index (χ0) is 28.0. The Morgan fingerprint density at radius 3 is 2.75 bits per heavy atom. The monoisotopic (exact) mass is 560 g/mol. The first-order valence-electron chi connectivity index (χ1n) is 13.3. The van der Waals surface area contributed by atoms with Gasteiger partial charge < -0.3 is 20.9 Å². The number of rotatable bonds is 7. The van der Waals surface area contributed by atoms with Crippen LogP contribution in [0.5, 0.6) is 0 Å². The van der Waals surface area contributed by atoms with E-state index >= 15 is 0 Å². The van der Waals surface area contributed by atoms with Gasteiger partial charge in [0.1, 0.15) is 22.7 Å². The highest BCUT2D eigenvalue weighted by atomic mass is 35.5. The number of aliphatic carboxylic acids is 1. The summed E-state index contributed by atoms with van der Waals surface area (Å²) in [7, 11) is 0. The van der Waals surface area contributed by atoms with E-state index in [1.165, 1.54) is 0 Å². The predicted molar refractivity (Wildman–Crippen MR) is 151 cm³/mol. The number of hydrogen-bond donors (Lipinski definition) is 3. The Hall–Kier alpha value is -4.02. The molecule has 1 unspecified atom stereocenters. The minimum atomic E-state index is -1.11. The average molecular weight is 561 g/mol. The number of nitrogen functional groups attached to an aromatic ring is 1. The molecule has 4 aromatic rings. The molecule has 10 nitrogen and oxygen atoms in total. The van der Waals surface area contributed by atoms with Crippen molar-refractivity contribution < 1.29 is 19.4 Å². The number of halogens is 1. The number of anilines is 2. The second-order valence-corrected chi connectivity index (χ2v) is 10.9. The summed E-state index contributed by atoms with van der Waals surface area (Å²) >= 11 is 6.34. The highest BCUT2D eigenvalue weighted by Crippen LogP contribution is 2.45. The van der Waals surface area contributed by atoms with Crippen LogP contribution in [0.15, 0.2) is 42.5 Å².